The second-order valence-corrected chi connectivity index (χ2v) is 7.55. The highest BCUT2D eigenvalue weighted by atomic mass is 32.1. The van der Waals surface area contributed by atoms with Gasteiger partial charge in [0.05, 0.1) is 17.7 Å². The minimum Gasteiger partial charge on any atom is -0.305 e. The van der Waals surface area contributed by atoms with Gasteiger partial charge in [-0.05, 0) is 18.1 Å². The monoisotopic (exact) mass is 388 g/mol. The summed E-state index contributed by atoms with van der Waals surface area (Å²) < 4.78 is 1.78. The maximum Gasteiger partial charge on any atom is 0.276 e. The van der Waals surface area contributed by atoms with Crippen LogP contribution in [0, 0.1) is 6.92 Å². The van der Waals surface area contributed by atoms with E-state index < -0.39 is 0 Å². The van der Waals surface area contributed by atoms with Crippen LogP contribution in [0.25, 0.3) is 0 Å². The molecule has 2 aromatic heterocycles. The number of hydrogen-bond acceptors (Lipinski definition) is 4. The number of hydrogen-bond donors (Lipinski definition) is 1. The van der Waals surface area contributed by atoms with Crippen molar-refractivity contribution in [2.75, 3.05) is 5.32 Å². The molecular weight excluding hydrogens is 368 g/mol. The predicted molar refractivity (Wildman–Crippen MR) is 112 cm³/mol. The second-order valence-electron chi connectivity index (χ2n) is 6.60. The van der Waals surface area contributed by atoms with E-state index >= 15 is 0 Å². The number of thiazole rings is 1. The molecular formula is C22H20N4OS. The molecule has 1 N–H and O–H groups in total. The number of carbonyl (C=O) groups is 1. The molecule has 2 heterocycles. The first-order valence-corrected chi connectivity index (χ1v) is 9.92. The van der Waals surface area contributed by atoms with Crippen LogP contribution < -0.4 is 5.32 Å². The zero-order valence-electron chi connectivity index (χ0n) is 15.5. The lowest BCUT2D eigenvalue weighted by atomic mass is 10.1. The highest BCUT2D eigenvalue weighted by Gasteiger charge is 2.14. The van der Waals surface area contributed by atoms with Gasteiger partial charge >= 0.3 is 0 Å². The summed E-state index contributed by atoms with van der Waals surface area (Å²) in [6, 6.07) is 20.2. The molecule has 28 heavy (non-hydrogen) atoms. The van der Waals surface area contributed by atoms with Crippen LogP contribution in [0.1, 0.15) is 32.2 Å². The van der Waals surface area contributed by atoms with Crippen molar-refractivity contribution in [2.45, 2.75) is 19.9 Å². The zero-order chi connectivity index (χ0) is 19.3. The molecule has 0 aliphatic carbocycles. The summed E-state index contributed by atoms with van der Waals surface area (Å²) in [6.45, 7) is 2.66. The van der Waals surface area contributed by atoms with E-state index in [1.807, 2.05) is 18.2 Å². The molecule has 0 atom stereocenters. The van der Waals surface area contributed by atoms with Crippen LogP contribution in [-0.4, -0.2) is 20.7 Å². The largest absolute Gasteiger partial charge is 0.305 e. The summed E-state index contributed by atoms with van der Waals surface area (Å²) in [4.78, 5) is 17.1. The smallest absolute Gasteiger partial charge is 0.276 e. The van der Waals surface area contributed by atoms with E-state index in [2.05, 4.69) is 58.7 Å². The van der Waals surface area contributed by atoms with Crippen molar-refractivity contribution < 1.29 is 4.79 Å². The Morgan fingerprint density at radius 2 is 1.82 bits per heavy atom. The van der Waals surface area contributed by atoms with E-state index in [1.54, 1.807) is 22.3 Å². The summed E-state index contributed by atoms with van der Waals surface area (Å²) in [5, 5.41) is 9.97. The molecule has 0 unspecified atom stereocenters. The Bertz CT molecular complexity index is 1070. The number of rotatable bonds is 6. The second kappa shape index (κ2) is 8.19. The fraction of sp³-hybridized carbons (Fsp3) is 0.136. The number of aryl methyl sites for hydroxylation is 1. The number of nitrogens with zero attached hydrogens (tertiary/aromatic N) is 3. The Labute approximate surface area is 167 Å². The Balaban J connectivity index is 1.43. The van der Waals surface area contributed by atoms with Crippen LogP contribution in [0.4, 0.5) is 5.82 Å². The molecule has 6 heteroatoms. The van der Waals surface area contributed by atoms with Crippen molar-refractivity contribution >= 4 is 23.1 Å². The van der Waals surface area contributed by atoms with Gasteiger partial charge in [0.25, 0.3) is 5.91 Å². The topological polar surface area (TPSA) is 59.8 Å². The van der Waals surface area contributed by atoms with Crippen molar-refractivity contribution in [2.24, 2.45) is 0 Å². The number of aromatic nitrogens is 3. The molecule has 4 rings (SSSR count). The SMILES string of the molecule is Cc1ccc(Cn2nccc2NC(=O)c2csc(Cc3ccccc3)n2)cc1. The van der Waals surface area contributed by atoms with E-state index in [0.29, 0.717) is 18.1 Å². The first-order chi connectivity index (χ1) is 13.7. The van der Waals surface area contributed by atoms with Crippen LogP contribution in [0.15, 0.2) is 72.2 Å². The summed E-state index contributed by atoms with van der Waals surface area (Å²) in [7, 11) is 0. The third kappa shape index (κ3) is 4.35. The van der Waals surface area contributed by atoms with E-state index in [4.69, 9.17) is 0 Å². The van der Waals surface area contributed by atoms with E-state index in [0.717, 1.165) is 17.0 Å². The van der Waals surface area contributed by atoms with Gasteiger partial charge in [-0.1, -0.05) is 60.2 Å². The Kier molecular flexibility index (Phi) is 5.30. The van der Waals surface area contributed by atoms with Gasteiger partial charge in [0, 0.05) is 17.9 Å². The Morgan fingerprint density at radius 3 is 2.61 bits per heavy atom. The summed E-state index contributed by atoms with van der Waals surface area (Å²) in [5.74, 6) is 0.435. The van der Waals surface area contributed by atoms with Crippen molar-refractivity contribution in [1.29, 1.82) is 0 Å². The van der Waals surface area contributed by atoms with Crippen LogP contribution in [0.3, 0.4) is 0 Å². The maximum atomic E-state index is 12.6. The quantitative estimate of drug-likeness (QED) is 0.527. The molecule has 1 amide bonds. The van der Waals surface area contributed by atoms with E-state index in [1.165, 1.54) is 22.5 Å². The minimum atomic E-state index is -0.221. The molecule has 140 valence electrons. The van der Waals surface area contributed by atoms with Gasteiger partial charge in [-0.3, -0.25) is 4.79 Å². The Morgan fingerprint density at radius 1 is 1.04 bits per heavy atom. The van der Waals surface area contributed by atoms with Gasteiger partial charge in [0.15, 0.2) is 0 Å². The van der Waals surface area contributed by atoms with Gasteiger partial charge in [-0.25, -0.2) is 9.67 Å². The first kappa shape index (κ1) is 18.1. The number of carbonyl (C=O) groups excluding carboxylic acids is 1. The zero-order valence-corrected chi connectivity index (χ0v) is 16.3. The normalized spacial score (nSPS) is 10.8. The van der Waals surface area contributed by atoms with Gasteiger partial charge in [-0.2, -0.15) is 5.10 Å². The minimum absolute atomic E-state index is 0.221. The lowest BCUT2D eigenvalue weighted by Crippen LogP contribution is -2.16. The standard InChI is InChI=1S/C22H20N4OS/c1-16-7-9-18(10-8-16)14-26-20(11-12-23-26)25-22(27)19-15-28-21(24-19)13-17-5-3-2-4-6-17/h2-12,15H,13-14H2,1H3,(H,25,27). The highest BCUT2D eigenvalue weighted by Crippen LogP contribution is 2.17. The van der Waals surface area contributed by atoms with Gasteiger partial charge in [0.2, 0.25) is 0 Å². The maximum absolute atomic E-state index is 12.6. The molecule has 0 spiro atoms. The summed E-state index contributed by atoms with van der Waals surface area (Å²) in [5.41, 5.74) is 3.95. The molecule has 4 aromatic rings. The molecule has 0 bridgehead atoms. The molecule has 0 radical (unpaired) electrons. The number of anilines is 1. The lowest BCUT2D eigenvalue weighted by Gasteiger charge is -2.08. The highest BCUT2D eigenvalue weighted by molar-refractivity contribution is 7.09. The fourth-order valence-electron chi connectivity index (χ4n) is 2.88. The lowest BCUT2D eigenvalue weighted by molar-refractivity contribution is 0.102. The molecule has 0 saturated heterocycles. The third-order valence-corrected chi connectivity index (χ3v) is 5.24. The van der Waals surface area contributed by atoms with Crippen molar-refractivity contribution in [3.8, 4) is 0 Å². The molecule has 2 aromatic carbocycles. The molecule has 0 fully saturated rings. The Hall–Kier alpha value is -3.25. The van der Waals surface area contributed by atoms with Crippen LogP contribution in [0.2, 0.25) is 0 Å². The average molecular weight is 388 g/mol. The van der Waals surface area contributed by atoms with Gasteiger partial charge in [0.1, 0.15) is 11.5 Å². The molecule has 0 aliphatic rings. The average Bonchev–Trinajstić information content (AvgIpc) is 3.34. The predicted octanol–water partition coefficient (Wildman–Crippen LogP) is 4.54. The molecule has 0 aliphatic heterocycles. The first-order valence-electron chi connectivity index (χ1n) is 9.04. The van der Waals surface area contributed by atoms with Crippen molar-refractivity contribution in [3.05, 3.63) is 99.6 Å². The number of benzene rings is 2. The van der Waals surface area contributed by atoms with Gasteiger partial charge < -0.3 is 5.32 Å². The van der Waals surface area contributed by atoms with Crippen LogP contribution in [0.5, 0.6) is 0 Å². The summed E-state index contributed by atoms with van der Waals surface area (Å²) in [6.07, 6.45) is 2.41. The van der Waals surface area contributed by atoms with Crippen LogP contribution >= 0.6 is 11.3 Å². The molecule has 5 nitrogen and oxygen atoms in total. The van der Waals surface area contributed by atoms with Crippen molar-refractivity contribution in [1.82, 2.24) is 14.8 Å². The number of nitrogens with one attached hydrogen (secondary N) is 1. The number of amides is 1. The van der Waals surface area contributed by atoms with Crippen LogP contribution in [-0.2, 0) is 13.0 Å². The van der Waals surface area contributed by atoms with E-state index in [9.17, 15) is 4.79 Å². The van der Waals surface area contributed by atoms with Crippen molar-refractivity contribution in [3.63, 3.8) is 0 Å². The van der Waals surface area contributed by atoms with E-state index in [-0.39, 0.29) is 5.91 Å². The summed E-state index contributed by atoms with van der Waals surface area (Å²) >= 11 is 1.50. The fourth-order valence-corrected chi connectivity index (χ4v) is 3.69. The molecule has 0 saturated carbocycles. The third-order valence-electron chi connectivity index (χ3n) is 4.39. The van der Waals surface area contributed by atoms with Gasteiger partial charge in [-0.15, -0.1) is 11.3 Å².